The Morgan fingerprint density at radius 2 is 1.65 bits per heavy atom. The summed E-state index contributed by atoms with van der Waals surface area (Å²) in [5, 5.41) is -0.716. The van der Waals surface area contributed by atoms with Crippen molar-refractivity contribution in [1.29, 1.82) is 0 Å². The first-order chi connectivity index (χ1) is 22.0. The van der Waals surface area contributed by atoms with Gasteiger partial charge in [0.05, 0.1) is 32.2 Å². The molecule has 12 heteroatoms. The number of pyridine rings is 1. The maximum Gasteiger partial charge on any atom is 0.280 e. The van der Waals surface area contributed by atoms with Crippen LogP contribution in [0.2, 0.25) is 0 Å². The summed E-state index contributed by atoms with van der Waals surface area (Å²) in [6, 6.07) is 8.89. The molecule has 4 bridgehead atoms. The summed E-state index contributed by atoms with van der Waals surface area (Å²) in [5.41, 5.74) is -0.0836. The minimum atomic E-state index is -4.18. The Hall–Kier alpha value is -3.67. The van der Waals surface area contributed by atoms with Gasteiger partial charge in [-0.05, 0) is 97.9 Å². The second-order valence-corrected chi connectivity index (χ2v) is 15.4. The quantitative estimate of drug-likeness (QED) is 0.205. The van der Waals surface area contributed by atoms with Gasteiger partial charge in [-0.1, -0.05) is 6.07 Å². The molecular weight excluding hydrogens is 616 g/mol. The molecule has 0 saturated heterocycles. The lowest BCUT2D eigenvalue weighted by molar-refractivity contribution is -0.127. The molecule has 4 aliphatic carbocycles. The van der Waals surface area contributed by atoms with E-state index in [9.17, 15) is 26.8 Å². The standard InChI is InChI=1S/C34H39F2N3O6S/c1-44-29-7-5-21(13-30(29)45-2)19-39-20-25(6-8-31(39)41)27-14-28(32(35)36)38-33(37-27)46(42,43)9-3-4-26(40)18-34-15-22-10-23(16-34)12-24(11-22)17-34/h5-8,13-14,20,22-24,32H,3-4,9-12,15-19H2,1-2H3. The number of aromatic nitrogens is 3. The van der Waals surface area contributed by atoms with Crippen LogP contribution in [-0.4, -0.2) is 48.7 Å². The fraction of sp³-hybridized carbons (Fsp3) is 0.529. The number of rotatable bonds is 13. The molecule has 0 spiro atoms. The number of benzene rings is 1. The second kappa shape index (κ2) is 12.8. The third kappa shape index (κ3) is 6.86. The van der Waals surface area contributed by atoms with Gasteiger partial charge in [-0.25, -0.2) is 27.2 Å². The first-order valence-electron chi connectivity index (χ1n) is 15.8. The molecule has 4 saturated carbocycles. The van der Waals surface area contributed by atoms with Crippen LogP contribution >= 0.6 is 0 Å². The summed E-state index contributed by atoms with van der Waals surface area (Å²) in [5.74, 6) is 2.80. The summed E-state index contributed by atoms with van der Waals surface area (Å²) < 4.78 is 66.4. The fourth-order valence-electron chi connectivity index (χ4n) is 8.39. The molecule has 0 amide bonds. The van der Waals surface area contributed by atoms with Gasteiger partial charge in [0.2, 0.25) is 15.0 Å². The van der Waals surface area contributed by atoms with Crippen LogP contribution in [0.4, 0.5) is 8.78 Å². The molecule has 7 rings (SSSR count). The number of carbonyl (C=O) groups is 1. The van der Waals surface area contributed by atoms with Crippen LogP contribution < -0.4 is 15.0 Å². The van der Waals surface area contributed by atoms with Crippen molar-refractivity contribution < 1.29 is 31.5 Å². The van der Waals surface area contributed by atoms with Gasteiger partial charge in [-0.2, -0.15) is 0 Å². The van der Waals surface area contributed by atoms with Crippen molar-refractivity contribution in [3.05, 3.63) is 64.2 Å². The topological polar surface area (TPSA) is 117 Å². The van der Waals surface area contributed by atoms with Crippen LogP contribution in [0.5, 0.6) is 11.5 Å². The highest BCUT2D eigenvalue weighted by Crippen LogP contribution is 2.61. The van der Waals surface area contributed by atoms with Gasteiger partial charge in [0.1, 0.15) is 11.5 Å². The van der Waals surface area contributed by atoms with Crippen molar-refractivity contribution in [3.63, 3.8) is 0 Å². The number of hydrogen-bond donors (Lipinski definition) is 0. The third-order valence-corrected chi connectivity index (χ3v) is 11.5. The lowest BCUT2D eigenvalue weighted by Gasteiger charge is -2.56. The number of carbonyl (C=O) groups excluding carboxylic acids is 1. The molecule has 3 aromatic rings. The lowest BCUT2D eigenvalue weighted by atomic mass is 9.48. The van der Waals surface area contributed by atoms with Crippen LogP contribution in [0.15, 0.2) is 52.5 Å². The normalized spacial score (nSPS) is 23.5. The SMILES string of the molecule is COc1ccc(Cn2cc(-c3cc(C(F)F)nc(S(=O)(=O)CCCC(=O)CC45CC6CC(CC(C6)C4)C5)n3)ccc2=O)cc1OC. The largest absolute Gasteiger partial charge is 0.493 e. The maximum absolute atomic E-state index is 13.9. The van der Waals surface area contributed by atoms with Crippen molar-refractivity contribution in [3.8, 4) is 22.8 Å². The zero-order valence-corrected chi connectivity index (χ0v) is 26.9. The summed E-state index contributed by atoms with van der Waals surface area (Å²) in [6.07, 6.45) is 6.22. The average Bonchev–Trinajstić information content (AvgIpc) is 3.00. The number of ether oxygens (including phenoxy) is 2. The Morgan fingerprint density at radius 3 is 2.28 bits per heavy atom. The van der Waals surface area contributed by atoms with Crippen molar-refractivity contribution in [1.82, 2.24) is 14.5 Å². The van der Waals surface area contributed by atoms with Gasteiger partial charge < -0.3 is 14.0 Å². The van der Waals surface area contributed by atoms with Crippen molar-refractivity contribution in [2.24, 2.45) is 23.2 Å². The molecule has 0 atom stereocenters. The van der Waals surface area contributed by atoms with E-state index in [0.717, 1.165) is 43.1 Å². The van der Waals surface area contributed by atoms with Crippen LogP contribution in [0, 0.1) is 23.2 Å². The Balaban J connectivity index is 1.17. The van der Waals surface area contributed by atoms with E-state index in [0.29, 0.717) is 23.5 Å². The highest BCUT2D eigenvalue weighted by molar-refractivity contribution is 7.91. The molecule has 4 fully saturated rings. The van der Waals surface area contributed by atoms with Gasteiger partial charge in [-0.15, -0.1) is 0 Å². The molecule has 4 aliphatic rings. The molecular formula is C34H39F2N3O6S. The molecule has 1 aromatic carbocycles. The summed E-state index contributed by atoms with van der Waals surface area (Å²) in [4.78, 5) is 33.6. The Bertz CT molecular complexity index is 1760. The summed E-state index contributed by atoms with van der Waals surface area (Å²) >= 11 is 0. The molecule has 46 heavy (non-hydrogen) atoms. The number of Topliss-reactive ketones (excluding diaryl/α,β-unsaturated/α-hetero) is 1. The number of nitrogens with zero attached hydrogens (tertiary/aromatic N) is 3. The van der Waals surface area contributed by atoms with Gasteiger partial charge in [0.15, 0.2) is 11.5 Å². The van der Waals surface area contributed by atoms with E-state index in [2.05, 4.69) is 9.97 Å². The van der Waals surface area contributed by atoms with Gasteiger partial charge in [0.25, 0.3) is 12.0 Å². The third-order valence-electron chi connectivity index (χ3n) is 9.91. The monoisotopic (exact) mass is 655 g/mol. The number of sulfone groups is 1. The molecule has 0 aliphatic heterocycles. The molecule has 2 aromatic heterocycles. The van der Waals surface area contributed by atoms with Gasteiger partial charge >= 0.3 is 0 Å². The van der Waals surface area contributed by atoms with E-state index >= 15 is 0 Å². The van der Waals surface area contributed by atoms with E-state index in [1.807, 2.05) is 0 Å². The maximum atomic E-state index is 13.9. The van der Waals surface area contributed by atoms with E-state index in [1.165, 1.54) is 56.4 Å². The minimum absolute atomic E-state index is 0.0529. The summed E-state index contributed by atoms with van der Waals surface area (Å²) in [7, 11) is -1.17. The van der Waals surface area contributed by atoms with Crippen molar-refractivity contribution in [2.45, 2.75) is 75.9 Å². The van der Waals surface area contributed by atoms with E-state index in [-0.39, 0.29) is 47.4 Å². The number of methoxy groups -OCH3 is 2. The molecule has 9 nitrogen and oxygen atoms in total. The first kappa shape index (κ1) is 32.3. The van der Waals surface area contributed by atoms with Crippen molar-refractivity contribution >= 4 is 15.6 Å². The zero-order chi connectivity index (χ0) is 32.6. The molecule has 246 valence electrons. The highest BCUT2D eigenvalue weighted by Gasteiger charge is 2.51. The molecule has 0 radical (unpaired) electrons. The lowest BCUT2D eigenvalue weighted by Crippen LogP contribution is -2.46. The van der Waals surface area contributed by atoms with Crippen LogP contribution in [0.3, 0.4) is 0 Å². The molecule has 0 unspecified atom stereocenters. The van der Waals surface area contributed by atoms with Crippen LogP contribution in [0.25, 0.3) is 11.3 Å². The number of alkyl halides is 2. The van der Waals surface area contributed by atoms with Crippen LogP contribution in [0.1, 0.15) is 75.5 Å². The van der Waals surface area contributed by atoms with E-state index in [4.69, 9.17) is 9.47 Å². The number of ketones is 1. The number of halogens is 2. The highest BCUT2D eigenvalue weighted by atomic mass is 32.2. The minimum Gasteiger partial charge on any atom is -0.493 e. The Kier molecular flexibility index (Phi) is 9.02. The fourth-order valence-corrected chi connectivity index (χ4v) is 9.58. The van der Waals surface area contributed by atoms with Gasteiger partial charge in [0, 0.05) is 30.7 Å². The Morgan fingerprint density at radius 1 is 0.978 bits per heavy atom. The average molecular weight is 656 g/mol. The second-order valence-electron chi connectivity index (χ2n) is 13.4. The van der Waals surface area contributed by atoms with E-state index < -0.39 is 32.9 Å². The predicted molar refractivity (Wildman–Crippen MR) is 167 cm³/mol. The Labute approximate surface area is 267 Å². The summed E-state index contributed by atoms with van der Waals surface area (Å²) in [6.45, 7) is 0.127. The number of hydrogen-bond acceptors (Lipinski definition) is 8. The molecule has 2 heterocycles. The zero-order valence-electron chi connectivity index (χ0n) is 26.1. The van der Waals surface area contributed by atoms with E-state index in [1.54, 1.807) is 18.2 Å². The predicted octanol–water partition coefficient (Wildman–Crippen LogP) is 6.04. The van der Waals surface area contributed by atoms with Gasteiger partial charge in [-0.3, -0.25) is 9.59 Å². The molecule has 0 N–H and O–H groups in total. The smallest absolute Gasteiger partial charge is 0.280 e. The van der Waals surface area contributed by atoms with Crippen LogP contribution in [-0.2, 0) is 21.2 Å². The van der Waals surface area contributed by atoms with Crippen molar-refractivity contribution in [2.75, 3.05) is 20.0 Å². The first-order valence-corrected chi connectivity index (χ1v) is 17.4.